The van der Waals surface area contributed by atoms with Gasteiger partial charge >= 0.3 is 5.97 Å². The number of esters is 1. The van der Waals surface area contributed by atoms with Crippen molar-refractivity contribution < 1.29 is 23.9 Å². The predicted octanol–water partition coefficient (Wildman–Crippen LogP) is 3.93. The smallest absolute Gasteiger partial charge is 0.310 e. The molecule has 1 spiro atoms. The zero-order valence-electron chi connectivity index (χ0n) is 20.4. The topological polar surface area (TPSA) is 85.0 Å². The van der Waals surface area contributed by atoms with Crippen LogP contribution in [0.15, 0.2) is 54.1 Å². The number of rotatable bonds is 1. The van der Waals surface area contributed by atoms with Crippen molar-refractivity contribution >= 4 is 17.7 Å². The summed E-state index contributed by atoms with van der Waals surface area (Å²) in [4.78, 5) is 39.8. The molecule has 9 atom stereocenters. The second-order valence-corrected chi connectivity index (χ2v) is 10.7. The lowest BCUT2D eigenvalue weighted by molar-refractivity contribution is -0.181. The Bertz CT molecular complexity index is 1090. The van der Waals surface area contributed by atoms with Gasteiger partial charge in [0.2, 0.25) is 5.60 Å². The lowest BCUT2D eigenvalue weighted by atomic mass is 9.58. The first-order chi connectivity index (χ1) is 16.1. The highest BCUT2D eigenvalue weighted by Crippen LogP contribution is 2.65. The van der Waals surface area contributed by atoms with E-state index in [1.165, 1.54) is 0 Å². The normalized spacial score (nSPS) is 43.9. The number of ketones is 1. The summed E-state index contributed by atoms with van der Waals surface area (Å²) in [5.41, 5.74) is -0.251. The Labute approximate surface area is 200 Å². The summed E-state index contributed by atoms with van der Waals surface area (Å²) in [5, 5.41) is 3.18. The van der Waals surface area contributed by atoms with Crippen LogP contribution in [-0.2, 0) is 23.9 Å². The standard InChI is InChI=1S/C28H33NO5/c1-15-11-13-20-25-27(5,34-25)18(4)22-23(19-9-7-6-8-10-19)29-26(32)28(20,22)33-21(30)14-12-16(2)24(31)17(15)3/h6-13,15,17-18,20,22-23,25H,14H2,1-5H3,(H,29,32). The molecule has 9 unspecified atom stereocenters. The molecular formula is C28H33NO5. The van der Waals surface area contributed by atoms with Gasteiger partial charge in [0.25, 0.3) is 5.91 Å². The Balaban J connectivity index is 1.66. The summed E-state index contributed by atoms with van der Waals surface area (Å²) in [6.07, 6.45) is 5.32. The Morgan fingerprint density at radius 3 is 2.44 bits per heavy atom. The van der Waals surface area contributed by atoms with Crippen LogP contribution in [0.3, 0.4) is 0 Å². The predicted molar refractivity (Wildman–Crippen MR) is 126 cm³/mol. The third kappa shape index (κ3) is 3.22. The highest BCUT2D eigenvalue weighted by Gasteiger charge is 2.78. The monoisotopic (exact) mass is 463 g/mol. The van der Waals surface area contributed by atoms with Gasteiger partial charge in [-0.05, 0) is 36.8 Å². The molecule has 0 radical (unpaired) electrons. The lowest BCUT2D eigenvalue weighted by Gasteiger charge is -2.46. The highest BCUT2D eigenvalue weighted by molar-refractivity contribution is 5.97. The van der Waals surface area contributed by atoms with Gasteiger partial charge in [-0.15, -0.1) is 0 Å². The molecule has 34 heavy (non-hydrogen) atoms. The molecule has 6 heteroatoms. The fraction of sp³-hybridized carbons (Fsp3) is 0.536. The maximum atomic E-state index is 13.8. The van der Waals surface area contributed by atoms with Gasteiger partial charge in [0, 0.05) is 11.8 Å². The van der Waals surface area contributed by atoms with Crippen molar-refractivity contribution in [1.82, 2.24) is 5.32 Å². The Hall–Kier alpha value is -2.73. The summed E-state index contributed by atoms with van der Waals surface area (Å²) in [7, 11) is 0. The van der Waals surface area contributed by atoms with Gasteiger partial charge in [-0.3, -0.25) is 14.4 Å². The van der Waals surface area contributed by atoms with E-state index in [9.17, 15) is 14.4 Å². The molecule has 5 rings (SSSR count). The van der Waals surface area contributed by atoms with Crippen molar-refractivity contribution in [3.05, 3.63) is 59.7 Å². The largest absolute Gasteiger partial charge is 0.448 e. The molecular weight excluding hydrogens is 430 g/mol. The summed E-state index contributed by atoms with van der Waals surface area (Å²) in [5.74, 6) is -1.80. The van der Waals surface area contributed by atoms with Gasteiger partial charge in [0.1, 0.15) is 0 Å². The second-order valence-electron chi connectivity index (χ2n) is 10.7. The maximum Gasteiger partial charge on any atom is 0.310 e. The summed E-state index contributed by atoms with van der Waals surface area (Å²) >= 11 is 0. The number of hydrogen-bond donors (Lipinski definition) is 1. The average Bonchev–Trinajstić information content (AvgIpc) is 3.44. The van der Waals surface area contributed by atoms with Gasteiger partial charge in [-0.1, -0.05) is 69.3 Å². The highest BCUT2D eigenvalue weighted by atomic mass is 16.6. The molecule has 1 N–H and O–H groups in total. The molecule has 0 bridgehead atoms. The van der Waals surface area contributed by atoms with Crippen LogP contribution in [-0.4, -0.2) is 35.0 Å². The van der Waals surface area contributed by atoms with E-state index >= 15 is 0 Å². The van der Waals surface area contributed by atoms with E-state index in [2.05, 4.69) is 19.2 Å². The van der Waals surface area contributed by atoms with Crippen molar-refractivity contribution in [3.8, 4) is 0 Å². The molecule has 4 aliphatic rings. The number of carbonyl (C=O) groups excluding carboxylic acids is 3. The third-order valence-corrected chi connectivity index (χ3v) is 8.88. The molecule has 1 aromatic carbocycles. The molecule has 3 aliphatic heterocycles. The van der Waals surface area contributed by atoms with Gasteiger partial charge < -0.3 is 14.8 Å². The fourth-order valence-corrected chi connectivity index (χ4v) is 6.40. The van der Waals surface area contributed by atoms with Crippen LogP contribution < -0.4 is 5.32 Å². The quantitative estimate of drug-likeness (QED) is 0.388. The number of ether oxygens (including phenoxy) is 2. The molecule has 1 amide bonds. The first kappa shape index (κ1) is 23.0. The third-order valence-electron chi connectivity index (χ3n) is 8.88. The minimum atomic E-state index is -1.37. The number of Topliss-reactive ketones (excluding diaryl/α,β-unsaturated/α-hetero) is 1. The van der Waals surface area contributed by atoms with Gasteiger partial charge in [0.15, 0.2) is 5.78 Å². The van der Waals surface area contributed by atoms with Crippen LogP contribution in [0.5, 0.6) is 0 Å². The van der Waals surface area contributed by atoms with E-state index in [1.54, 1.807) is 13.0 Å². The maximum absolute atomic E-state index is 13.8. The molecule has 3 heterocycles. The molecule has 6 nitrogen and oxygen atoms in total. The van der Waals surface area contributed by atoms with Gasteiger partial charge in [-0.2, -0.15) is 0 Å². The van der Waals surface area contributed by atoms with Crippen LogP contribution in [0, 0.1) is 29.6 Å². The fourth-order valence-electron chi connectivity index (χ4n) is 6.40. The summed E-state index contributed by atoms with van der Waals surface area (Å²) in [6.45, 7) is 9.84. The molecule has 2 saturated heterocycles. The number of allylic oxidation sites excluding steroid dienone is 2. The molecule has 1 aromatic rings. The number of nitrogens with one attached hydrogen (secondary N) is 1. The van der Waals surface area contributed by atoms with E-state index in [0.29, 0.717) is 5.57 Å². The second kappa shape index (κ2) is 7.91. The summed E-state index contributed by atoms with van der Waals surface area (Å²) in [6, 6.07) is 9.57. The number of hydrogen-bond acceptors (Lipinski definition) is 5. The van der Waals surface area contributed by atoms with E-state index in [1.807, 2.05) is 56.3 Å². The minimum absolute atomic E-state index is 0.0191. The molecule has 3 fully saturated rings. The van der Waals surface area contributed by atoms with Crippen LogP contribution >= 0.6 is 0 Å². The SMILES string of the molecule is CC1=CCC(=O)OC23C(=O)NC(c4ccccc4)C2C(C)C2(C)OC2C3C=CC(C)C(C)C1=O. The van der Waals surface area contributed by atoms with E-state index in [-0.39, 0.29) is 53.9 Å². The Morgan fingerprint density at radius 2 is 1.74 bits per heavy atom. The van der Waals surface area contributed by atoms with Crippen LogP contribution in [0.2, 0.25) is 0 Å². The van der Waals surface area contributed by atoms with E-state index < -0.39 is 23.1 Å². The number of carbonyl (C=O) groups is 3. The number of benzene rings is 1. The van der Waals surface area contributed by atoms with Crippen LogP contribution in [0.1, 0.15) is 52.6 Å². The van der Waals surface area contributed by atoms with E-state index in [4.69, 9.17) is 9.47 Å². The first-order valence-electron chi connectivity index (χ1n) is 12.3. The average molecular weight is 464 g/mol. The first-order valence-corrected chi connectivity index (χ1v) is 12.3. The number of epoxide rings is 1. The summed E-state index contributed by atoms with van der Waals surface area (Å²) < 4.78 is 12.5. The van der Waals surface area contributed by atoms with Gasteiger partial charge in [0.05, 0.1) is 30.1 Å². The lowest BCUT2D eigenvalue weighted by Crippen LogP contribution is -2.61. The Kier molecular flexibility index (Phi) is 5.36. The van der Waals surface area contributed by atoms with Crippen molar-refractivity contribution in [3.63, 3.8) is 0 Å². The minimum Gasteiger partial charge on any atom is -0.448 e. The zero-order chi connectivity index (χ0) is 24.4. The molecule has 1 saturated carbocycles. The molecule has 1 aliphatic carbocycles. The van der Waals surface area contributed by atoms with Crippen molar-refractivity contribution in [2.75, 3.05) is 0 Å². The van der Waals surface area contributed by atoms with Crippen molar-refractivity contribution in [1.29, 1.82) is 0 Å². The van der Waals surface area contributed by atoms with Crippen LogP contribution in [0.4, 0.5) is 0 Å². The Morgan fingerprint density at radius 1 is 1.03 bits per heavy atom. The molecule has 0 aromatic heterocycles. The number of amides is 1. The van der Waals surface area contributed by atoms with Crippen LogP contribution in [0.25, 0.3) is 0 Å². The van der Waals surface area contributed by atoms with Crippen molar-refractivity contribution in [2.24, 2.45) is 29.6 Å². The van der Waals surface area contributed by atoms with Crippen molar-refractivity contribution in [2.45, 2.75) is 64.4 Å². The zero-order valence-corrected chi connectivity index (χ0v) is 20.4. The van der Waals surface area contributed by atoms with E-state index in [0.717, 1.165) is 5.56 Å². The molecule has 180 valence electrons. The number of fused-ring (bicyclic) bond motifs is 2. The van der Waals surface area contributed by atoms with Gasteiger partial charge in [-0.25, -0.2) is 0 Å².